The van der Waals surface area contributed by atoms with Crippen molar-refractivity contribution in [3.63, 3.8) is 0 Å². The number of hydrogen-bond acceptors (Lipinski definition) is 2. The van der Waals surface area contributed by atoms with Gasteiger partial charge < -0.3 is 9.84 Å². The van der Waals surface area contributed by atoms with E-state index in [0.717, 1.165) is 5.56 Å². The summed E-state index contributed by atoms with van der Waals surface area (Å²) in [6, 6.07) is 9.89. The van der Waals surface area contributed by atoms with E-state index in [1.54, 1.807) is 19.2 Å². The van der Waals surface area contributed by atoms with Gasteiger partial charge in [-0.2, -0.15) is 0 Å². The summed E-state index contributed by atoms with van der Waals surface area (Å²) >= 11 is 3.22. The lowest BCUT2D eigenvalue weighted by Crippen LogP contribution is -2.03. The summed E-state index contributed by atoms with van der Waals surface area (Å²) in [5, 5.41) is 10.4. The molecule has 0 radical (unpaired) electrons. The van der Waals surface area contributed by atoms with Gasteiger partial charge in [0.1, 0.15) is 17.7 Å². The summed E-state index contributed by atoms with van der Waals surface area (Å²) in [5.41, 5.74) is 2.11. The number of ether oxygens (including phenoxy) is 1. The summed E-state index contributed by atoms with van der Waals surface area (Å²) in [5.74, 6) is 0.188. The molecule has 2 aromatic rings. The Balaban J connectivity index is 2.48. The van der Waals surface area contributed by atoms with E-state index in [1.165, 1.54) is 12.1 Å². The number of methoxy groups -OCH3 is 1. The van der Waals surface area contributed by atoms with Gasteiger partial charge in [-0.3, -0.25) is 0 Å². The highest BCUT2D eigenvalue weighted by Crippen LogP contribution is 2.32. The summed E-state index contributed by atoms with van der Waals surface area (Å²) in [7, 11) is 1.54. The van der Waals surface area contributed by atoms with Crippen molar-refractivity contribution in [2.75, 3.05) is 7.11 Å². The van der Waals surface area contributed by atoms with Gasteiger partial charge in [-0.1, -0.05) is 27.6 Å². The van der Waals surface area contributed by atoms with Crippen LogP contribution in [0.25, 0.3) is 0 Å². The van der Waals surface area contributed by atoms with E-state index in [2.05, 4.69) is 15.9 Å². The van der Waals surface area contributed by atoms with E-state index in [4.69, 9.17) is 4.74 Å². The Hall–Kier alpha value is -1.39. The molecule has 0 amide bonds. The van der Waals surface area contributed by atoms with Crippen molar-refractivity contribution in [1.82, 2.24) is 0 Å². The van der Waals surface area contributed by atoms with Crippen LogP contribution in [-0.4, -0.2) is 12.2 Å². The Labute approximate surface area is 120 Å². The lowest BCUT2D eigenvalue weighted by molar-refractivity contribution is 0.214. The smallest absolute Gasteiger partial charge is 0.125 e. The molecule has 1 unspecified atom stereocenters. The molecule has 0 heterocycles. The fraction of sp³-hybridized carbons (Fsp3) is 0.200. The van der Waals surface area contributed by atoms with E-state index in [0.29, 0.717) is 21.3 Å². The highest BCUT2D eigenvalue weighted by Gasteiger charge is 2.17. The molecule has 0 aromatic heterocycles. The van der Waals surface area contributed by atoms with Gasteiger partial charge in [-0.25, -0.2) is 4.39 Å². The van der Waals surface area contributed by atoms with Gasteiger partial charge >= 0.3 is 0 Å². The molecule has 2 rings (SSSR count). The molecule has 0 bridgehead atoms. The molecule has 0 saturated heterocycles. The van der Waals surface area contributed by atoms with Gasteiger partial charge in [-0.05, 0) is 42.8 Å². The minimum absolute atomic E-state index is 0.393. The van der Waals surface area contributed by atoms with Crippen LogP contribution in [0, 0.1) is 12.7 Å². The first-order valence-corrected chi connectivity index (χ1v) is 6.59. The van der Waals surface area contributed by atoms with Gasteiger partial charge in [0.05, 0.1) is 7.11 Å². The lowest BCUT2D eigenvalue weighted by atomic mass is 9.99. The molecule has 0 spiro atoms. The van der Waals surface area contributed by atoms with Gasteiger partial charge in [0.2, 0.25) is 0 Å². The molecule has 0 fully saturated rings. The van der Waals surface area contributed by atoms with Crippen LogP contribution in [0.15, 0.2) is 40.9 Å². The summed E-state index contributed by atoms with van der Waals surface area (Å²) in [6.45, 7) is 1.93. The van der Waals surface area contributed by atoms with Crippen LogP contribution in [0.5, 0.6) is 5.75 Å². The van der Waals surface area contributed by atoms with Crippen molar-refractivity contribution in [2.24, 2.45) is 0 Å². The van der Waals surface area contributed by atoms with E-state index >= 15 is 0 Å². The van der Waals surface area contributed by atoms with E-state index in [-0.39, 0.29) is 0 Å². The number of rotatable bonds is 3. The average molecular weight is 325 g/mol. The Bertz CT molecular complexity index is 578. The molecule has 0 aliphatic rings. The van der Waals surface area contributed by atoms with E-state index in [1.807, 2.05) is 19.1 Å². The zero-order chi connectivity index (χ0) is 14.0. The van der Waals surface area contributed by atoms with Crippen molar-refractivity contribution < 1.29 is 14.2 Å². The molecule has 0 saturated carbocycles. The van der Waals surface area contributed by atoms with Gasteiger partial charge in [0.15, 0.2) is 0 Å². The third-order valence-corrected chi connectivity index (χ3v) is 3.34. The molecule has 0 aliphatic heterocycles. The van der Waals surface area contributed by atoms with Crippen LogP contribution < -0.4 is 4.74 Å². The second kappa shape index (κ2) is 5.72. The highest BCUT2D eigenvalue weighted by molar-refractivity contribution is 9.10. The SMILES string of the molecule is COc1ccc(C)cc1C(O)c1cc(F)cc(Br)c1. The van der Waals surface area contributed by atoms with Crippen LogP contribution in [0.1, 0.15) is 22.8 Å². The standard InChI is InChI=1S/C15H14BrFO2/c1-9-3-4-14(19-2)13(5-9)15(18)10-6-11(16)8-12(17)7-10/h3-8,15,18H,1-2H3. The van der Waals surface area contributed by atoms with Crippen molar-refractivity contribution >= 4 is 15.9 Å². The van der Waals surface area contributed by atoms with Crippen LogP contribution in [0.4, 0.5) is 4.39 Å². The second-order valence-electron chi connectivity index (χ2n) is 4.35. The number of benzene rings is 2. The molecule has 1 atom stereocenters. The molecule has 0 aliphatic carbocycles. The minimum Gasteiger partial charge on any atom is -0.496 e. The highest BCUT2D eigenvalue weighted by atomic mass is 79.9. The number of aliphatic hydroxyl groups excluding tert-OH is 1. The zero-order valence-corrected chi connectivity index (χ0v) is 12.2. The number of halogens is 2. The van der Waals surface area contributed by atoms with Crippen LogP contribution in [0.3, 0.4) is 0 Å². The van der Waals surface area contributed by atoms with Gasteiger partial charge in [0.25, 0.3) is 0 Å². The van der Waals surface area contributed by atoms with Crippen LogP contribution in [0.2, 0.25) is 0 Å². The number of hydrogen-bond donors (Lipinski definition) is 1. The Morgan fingerprint density at radius 1 is 1.21 bits per heavy atom. The molecule has 1 N–H and O–H groups in total. The molecule has 2 nitrogen and oxygen atoms in total. The zero-order valence-electron chi connectivity index (χ0n) is 10.7. The van der Waals surface area contributed by atoms with E-state index in [9.17, 15) is 9.50 Å². The molecular formula is C15H14BrFO2. The first-order chi connectivity index (χ1) is 9.01. The van der Waals surface area contributed by atoms with Crippen molar-refractivity contribution in [3.8, 4) is 5.75 Å². The molecular weight excluding hydrogens is 311 g/mol. The minimum atomic E-state index is -0.929. The van der Waals surface area contributed by atoms with Crippen LogP contribution in [-0.2, 0) is 0 Å². The molecule has 4 heteroatoms. The molecule has 19 heavy (non-hydrogen) atoms. The largest absolute Gasteiger partial charge is 0.496 e. The average Bonchev–Trinajstić information content (AvgIpc) is 2.36. The lowest BCUT2D eigenvalue weighted by Gasteiger charge is -2.16. The van der Waals surface area contributed by atoms with Crippen molar-refractivity contribution in [1.29, 1.82) is 0 Å². The quantitative estimate of drug-likeness (QED) is 0.925. The predicted octanol–water partition coefficient (Wildman–Crippen LogP) is 3.99. The third kappa shape index (κ3) is 3.14. The summed E-state index contributed by atoms with van der Waals surface area (Å²) in [4.78, 5) is 0. The van der Waals surface area contributed by atoms with Gasteiger partial charge in [-0.15, -0.1) is 0 Å². The fourth-order valence-corrected chi connectivity index (χ4v) is 2.46. The molecule has 2 aromatic carbocycles. The first-order valence-electron chi connectivity index (χ1n) is 5.80. The molecule has 100 valence electrons. The fourth-order valence-electron chi connectivity index (χ4n) is 1.98. The monoisotopic (exact) mass is 324 g/mol. The summed E-state index contributed by atoms with van der Waals surface area (Å²) < 4.78 is 19.2. The third-order valence-electron chi connectivity index (χ3n) is 2.88. The predicted molar refractivity (Wildman–Crippen MR) is 75.9 cm³/mol. The number of aryl methyl sites for hydroxylation is 1. The maximum absolute atomic E-state index is 13.4. The maximum atomic E-state index is 13.4. The Morgan fingerprint density at radius 3 is 2.58 bits per heavy atom. The Morgan fingerprint density at radius 2 is 1.95 bits per heavy atom. The second-order valence-corrected chi connectivity index (χ2v) is 5.27. The maximum Gasteiger partial charge on any atom is 0.125 e. The first kappa shape index (κ1) is 14.0. The normalized spacial score (nSPS) is 12.3. The van der Waals surface area contributed by atoms with Gasteiger partial charge in [0, 0.05) is 10.0 Å². The topological polar surface area (TPSA) is 29.5 Å². The summed E-state index contributed by atoms with van der Waals surface area (Å²) in [6.07, 6.45) is -0.929. The van der Waals surface area contributed by atoms with E-state index < -0.39 is 11.9 Å². The Kier molecular flexibility index (Phi) is 4.22. The van der Waals surface area contributed by atoms with Crippen molar-refractivity contribution in [3.05, 3.63) is 63.4 Å². The number of aliphatic hydroxyl groups is 1. The van der Waals surface area contributed by atoms with Crippen molar-refractivity contribution in [2.45, 2.75) is 13.0 Å². The van der Waals surface area contributed by atoms with Crippen LogP contribution >= 0.6 is 15.9 Å².